The summed E-state index contributed by atoms with van der Waals surface area (Å²) in [5, 5.41) is 9.33. The van der Waals surface area contributed by atoms with Crippen LogP contribution in [-0.4, -0.2) is 22.5 Å². The van der Waals surface area contributed by atoms with E-state index in [1.54, 1.807) is 30.4 Å². The monoisotopic (exact) mass is 354 g/mol. The molecule has 0 saturated heterocycles. The summed E-state index contributed by atoms with van der Waals surface area (Å²) in [6.07, 6.45) is 4.68. The molecule has 0 unspecified atom stereocenters. The van der Waals surface area contributed by atoms with Gasteiger partial charge in [-0.2, -0.15) is 0 Å². The van der Waals surface area contributed by atoms with Gasteiger partial charge in [-0.1, -0.05) is 24.3 Å². The van der Waals surface area contributed by atoms with Gasteiger partial charge in [-0.15, -0.1) is 0 Å². The number of benzene rings is 2. The lowest BCUT2D eigenvalue weighted by molar-refractivity contribution is -0.152. The van der Waals surface area contributed by atoms with Crippen molar-refractivity contribution >= 4 is 23.9 Å². The smallest absolute Gasteiger partial charge is 0.347 e. The van der Waals surface area contributed by atoms with Crippen molar-refractivity contribution in [2.24, 2.45) is 0 Å². The van der Waals surface area contributed by atoms with E-state index in [2.05, 4.69) is 0 Å². The number of carboxylic acid groups (broad SMARTS) is 1. The minimum absolute atomic E-state index is 0.0343. The Hall–Kier alpha value is -2.95. The van der Waals surface area contributed by atoms with Crippen molar-refractivity contribution in [3.05, 3.63) is 64.5 Å². The van der Waals surface area contributed by atoms with E-state index in [1.165, 1.54) is 26.0 Å². The van der Waals surface area contributed by atoms with Crippen LogP contribution in [-0.2, 0) is 11.2 Å². The molecule has 0 spiro atoms. The molecule has 0 bridgehead atoms. The first-order chi connectivity index (χ1) is 12.3. The summed E-state index contributed by atoms with van der Waals surface area (Å²) in [4.78, 5) is 23.4. The topological polar surface area (TPSA) is 63.6 Å². The molecule has 0 atom stereocenters. The van der Waals surface area contributed by atoms with Gasteiger partial charge in [0.15, 0.2) is 11.4 Å². The molecule has 0 aromatic heterocycles. The second kappa shape index (κ2) is 6.75. The first-order valence-corrected chi connectivity index (χ1v) is 8.32. The van der Waals surface area contributed by atoms with Gasteiger partial charge in [0.2, 0.25) is 0 Å². The van der Waals surface area contributed by atoms with Crippen LogP contribution >= 0.6 is 0 Å². The fourth-order valence-electron chi connectivity index (χ4n) is 2.79. The van der Waals surface area contributed by atoms with Gasteiger partial charge < -0.3 is 9.84 Å². The Bertz CT molecular complexity index is 895. The third-order valence-corrected chi connectivity index (χ3v) is 4.36. The molecule has 5 heteroatoms. The molecule has 4 nitrogen and oxygen atoms in total. The van der Waals surface area contributed by atoms with Crippen LogP contribution in [0.25, 0.3) is 12.2 Å². The molecule has 2 aromatic carbocycles. The number of aryl methyl sites for hydroxylation is 1. The van der Waals surface area contributed by atoms with E-state index in [4.69, 9.17) is 4.74 Å². The van der Waals surface area contributed by atoms with Crippen molar-refractivity contribution < 1.29 is 23.8 Å². The van der Waals surface area contributed by atoms with E-state index in [-0.39, 0.29) is 11.6 Å². The first-order valence-electron chi connectivity index (χ1n) is 8.32. The number of aliphatic carboxylic acids is 1. The number of carbonyl (C=O) groups is 2. The first kappa shape index (κ1) is 17.9. The molecule has 2 aromatic rings. The predicted octanol–water partition coefficient (Wildman–Crippen LogP) is 4.37. The Balaban J connectivity index is 2.01. The SMILES string of the molecule is CC(C)(Oc1cc2c(cc1/C=C/c1ccc(F)cc1)CCC2=O)C(=O)O. The zero-order valence-electron chi connectivity index (χ0n) is 14.6. The van der Waals surface area contributed by atoms with Crippen molar-refractivity contribution in [3.8, 4) is 5.75 Å². The van der Waals surface area contributed by atoms with E-state index in [0.717, 1.165) is 11.1 Å². The molecule has 134 valence electrons. The Kier molecular flexibility index (Phi) is 4.64. The molecule has 1 aliphatic carbocycles. The van der Waals surface area contributed by atoms with Crippen LogP contribution in [0.3, 0.4) is 0 Å². The number of fused-ring (bicyclic) bond motifs is 1. The van der Waals surface area contributed by atoms with Gasteiger partial charge in [0.05, 0.1) is 0 Å². The van der Waals surface area contributed by atoms with Crippen molar-refractivity contribution in [2.75, 3.05) is 0 Å². The highest BCUT2D eigenvalue weighted by Crippen LogP contribution is 2.33. The van der Waals surface area contributed by atoms with Gasteiger partial charge >= 0.3 is 5.97 Å². The highest BCUT2D eigenvalue weighted by Gasteiger charge is 2.31. The molecule has 0 heterocycles. The lowest BCUT2D eigenvalue weighted by atomic mass is 10.0. The highest BCUT2D eigenvalue weighted by molar-refractivity contribution is 6.01. The van der Waals surface area contributed by atoms with Crippen molar-refractivity contribution in [1.82, 2.24) is 0 Å². The second-order valence-electron chi connectivity index (χ2n) is 6.77. The number of ether oxygens (including phenoxy) is 1. The van der Waals surface area contributed by atoms with E-state index in [9.17, 15) is 19.1 Å². The van der Waals surface area contributed by atoms with Gasteiger partial charge in [-0.25, -0.2) is 9.18 Å². The average molecular weight is 354 g/mol. The molecule has 0 aliphatic heterocycles. The van der Waals surface area contributed by atoms with Crippen LogP contribution < -0.4 is 4.74 Å². The summed E-state index contributed by atoms with van der Waals surface area (Å²) < 4.78 is 18.7. The summed E-state index contributed by atoms with van der Waals surface area (Å²) >= 11 is 0. The summed E-state index contributed by atoms with van der Waals surface area (Å²) in [6.45, 7) is 2.91. The van der Waals surface area contributed by atoms with Crippen LogP contribution in [0, 0.1) is 5.82 Å². The van der Waals surface area contributed by atoms with Crippen molar-refractivity contribution in [1.29, 1.82) is 0 Å². The molecule has 3 rings (SSSR count). The number of hydrogen-bond acceptors (Lipinski definition) is 3. The summed E-state index contributed by atoms with van der Waals surface area (Å²) in [5.74, 6) is -1.04. The molecule has 26 heavy (non-hydrogen) atoms. The fourth-order valence-corrected chi connectivity index (χ4v) is 2.79. The van der Waals surface area contributed by atoms with Gasteiger partial charge in [0.25, 0.3) is 0 Å². The van der Waals surface area contributed by atoms with Crippen molar-refractivity contribution in [3.63, 3.8) is 0 Å². The van der Waals surface area contributed by atoms with E-state index < -0.39 is 11.6 Å². The lowest BCUT2D eigenvalue weighted by Crippen LogP contribution is -2.38. The zero-order chi connectivity index (χ0) is 18.9. The normalized spacial score (nSPS) is 13.9. The predicted molar refractivity (Wildman–Crippen MR) is 96.8 cm³/mol. The quantitative estimate of drug-likeness (QED) is 0.810. The average Bonchev–Trinajstić information content (AvgIpc) is 2.94. The number of hydrogen-bond donors (Lipinski definition) is 1. The molecular formula is C21H19FO4. The zero-order valence-corrected chi connectivity index (χ0v) is 14.6. The molecule has 1 aliphatic rings. The van der Waals surface area contributed by atoms with Gasteiger partial charge in [0, 0.05) is 17.5 Å². The molecular weight excluding hydrogens is 335 g/mol. The Morgan fingerprint density at radius 1 is 1.15 bits per heavy atom. The van der Waals surface area contributed by atoms with Gasteiger partial charge in [0.1, 0.15) is 11.6 Å². The molecule has 0 amide bonds. The number of carboxylic acids is 1. The number of ketones is 1. The van der Waals surface area contributed by atoms with E-state index >= 15 is 0 Å². The number of halogens is 1. The van der Waals surface area contributed by atoms with Crippen LogP contribution in [0.1, 0.15) is 47.3 Å². The Morgan fingerprint density at radius 2 is 1.85 bits per heavy atom. The van der Waals surface area contributed by atoms with Gasteiger partial charge in [-0.3, -0.25) is 4.79 Å². The number of carbonyl (C=O) groups excluding carboxylic acids is 1. The maximum Gasteiger partial charge on any atom is 0.347 e. The Labute approximate surface area is 150 Å². The Morgan fingerprint density at radius 3 is 2.50 bits per heavy atom. The molecule has 0 radical (unpaired) electrons. The highest BCUT2D eigenvalue weighted by atomic mass is 19.1. The minimum atomic E-state index is -1.44. The third kappa shape index (κ3) is 3.67. The lowest BCUT2D eigenvalue weighted by Gasteiger charge is -2.23. The summed E-state index contributed by atoms with van der Waals surface area (Å²) in [6, 6.07) is 9.50. The van der Waals surface area contributed by atoms with Crippen LogP contribution in [0.15, 0.2) is 36.4 Å². The van der Waals surface area contributed by atoms with E-state index in [1.807, 2.05) is 6.07 Å². The van der Waals surface area contributed by atoms with E-state index in [0.29, 0.717) is 29.7 Å². The van der Waals surface area contributed by atoms with Crippen LogP contribution in [0.5, 0.6) is 5.75 Å². The largest absolute Gasteiger partial charge is 0.478 e. The standard InChI is InChI=1S/C21H19FO4/c1-21(2,20(24)25)26-19-12-17-14(7-10-18(17)23)11-15(19)6-3-13-4-8-16(22)9-5-13/h3-6,8-9,11-12H,7,10H2,1-2H3,(H,24,25)/b6-3+. The minimum Gasteiger partial charge on any atom is -0.478 e. The molecule has 0 fully saturated rings. The molecule has 1 N–H and O–H groups in total. The van der Waals surface area contributed by atoms with Gasteiger partial charge in [-0.05, 0) is 55.7 Å². The van der Waals surface area contributed by atoms with Crippen molar-refractivity contribution in [2.45, 2.75) is 32.3 Å². The van der Waals surface area contributed by atoms with Crippen LogP contribution in [0.4, 0.5) is 4.39 Å². The number of rotatable bonds is 5. The fraction of sp³-hybridized carbons (Fsp3) is 0.238. The third-order valence-electron chi connectivity index (χ3n) is 4.36. The second-order valence-corrected chi connectivity index (χ2v) is 6.77. The van der Waals surface area contributed by atoms with Crippen LogP contribution in [0.2, 0.25) is 0 Å². The maximum atomic E-state index is 13.0. The molecule has 0 saturated carbocycles. The summed E-state index contributed by atoms with van der Waals surface area (Å²) in [5.41, 5.74) is 1.55. The number of Topliss-reactive ketones (excluding diaryl/α,β-unsaturated/α-hetero) is 1. The summed E-state index contributed by atoms with van der Waals surface area (Å²) in [7, 11) is 0. The maximum absolute atomic E-state index is 13.0.